The Morgan fingerprint density at radius 1 is 1.30 bits per heavy atom. The van der Waals surface area contributed by atoms with E-state index in [0.717, 1.165) is 0 Å². The number of amides is 2. The standard InChI is InChI=1S/C14H19ClN2O3/c1-17(2)14(20)10-6-7-11(15)12(9-10)16-13(19)5-3-4-8-18/h6-7,9,18H,3-5,8H2,1-2H3,(H,16,19). The third kappa shape index (κ3) is 4.83. The van der Waals surface area contributed by atoms with Crippen molar-refractivity contribution in [1.82, 2.24) is 4.90 Å². The van der Waals surface area contributed by atoms with Crippen LogP contribution in [-0.2, 0) is 4.79 Å². The van der Waals surface area contributed by atoms with Crippen LogP contribution in [0.25, 0.3) is 0 Å². The summed E-state index contributed by atoms with van der Waals surface area (Å²) < 4.78 is 0. The number of hydrogen-bond donors (Lipinski definition) is 2. The summed E-state index contributed by atoms with van der Waals surface area (Å²) in [6.45, 7) is 0.0703. The molecule has 2 amide bonds. The first-order valence-corrected chi connectivity index (χ1v) is 6.75. The molecule has 0 fully saturated rings. The first-order valence-electron chi connectivity index (χ1n) is 6.37. The summed E-state index contributed by atoms with van der Waals surface area (Å²) in [6, 6.07) is 4.77. The number of benzene rings is 1. The number of carbonyl (C=O) groups is 2. The van der Waals surface area contributed by atoms with E-state index in [2.05, 4.69) is 5.32 Å². The van der Waals surface area contributed by atoms with E-state index in [1.807, 2.05) is 0 Å². The highest BCUT2D eigenvalue weighted by Crippen LogP contribution is 2.24. The molecule has 0 unspecified atom stereocenters. The second-order valence-corrected chi connectivity index (χ2v) is 5.03. The van der Waals surface area contributed by atoms with E-state index < -0.39 is 0 Å². The Bertz CT molecular complexity index is 489. The first kappa shape index (κ1) is 16.5. The van der Waals surface area contributed by atoms with Crippen LogP contribution in [0.5, 0.6) is 0 Å². The molecule has 110 valence electrons. The predicted octanol–water partition coefficient (Wildman–Crippen LogP) is 2.14. The van der Waals surface area contributed by atoms with Gasteiger partial charge in [0.15, 0.2) is 0 Å². The molecule has 0 aliphatic rings. The summed E-state index contributed by atoms with van der Waals surface area (Å²) >= 11 is 6.01. The summed E-state index contributed by atoms with van der Waals surface area (Å²) in [7, 11) is 3.31. The molecule has 0 bridgehead atoms. The molecule has 0 heterocycles. The molecule has 0 spiro atoms. The number of aliphatic hydroxyl groups excluding tert-OH is 1. The lowest BCUT2D eigenvalue weighted by molar-refractivity contribution is -0.116. The van der Waals surface area contributed by atoms with Gasteiger partial charge in [-0.2, -0.15) is 0 Å². The van der Waals surface area contributed by atoms with Crippen molar-refractivity contribution in [1.29, 1.82) is 0 Å². The normalized spacial score (nSPS) is 10.2. The van der Waals surface area contributed by atoms with Crippen molar-refractivity contribution in [3.05, 3.63) is 28.8 Å². The molecule has 0 aliphatic carbocycles. The Morgan fingerprint density at radius 3 is 2.60 bits per heavy atom. The fourth-order valence-corrected chi connectivity index (χ4v) is 1.79. The van der Waals surface area contributed by atoms with E-state index in [-0.39, 0.29) is 18.4 Å². The van der Waals surface area contributed by atoms with Gasteiger partial charge in [-0.25, -0.2) is 0 Å². The maximum absolute atomic E-state index is 11.8. The molecule has 0 atom stereocenters. The molecule has 1 rings (SSSR count). The summed E-state index contributed by atoms with van der Waals surface area (Å²) in [5, 5.41) is 11.7. The highest BCUT2D eigenvalue weighted by Gasteiger charge is 2.12. The highest BCUT2D eigenvalue weighted by molar-refractivity contribution is 6.33. The van der Waals surface area contributed by atoms with Gasteiger partial charge in [0.2, 0.25) is 5.91 Å². The van der Waals surface area contributed by atoms with Crippen LogP contribution in [-0.4, -0.2) is 42.5 Å². The number of nitrogens with zero attached hydrogens (tertiary/aromatic N) is 1. The van der Waals surface area contributed by atoms with E-state index >= 15 is 0 Å². The van der Waals surface area contributed by atoms with Crippen molar-refractivity contribution in [2.75, 3.05) is 26.0 Å². The molecular weight excluding hydrogens is 280 g/mol. The SMILES string of the molecule is CN(C)C(=O)c1ccc(Cl)c(NC(=O)CCCCO)c1. The zero-order valence-electron chi connectivity index (χ0n) is 11.6. The van der Waals surface area contributed by atoms with Crippen LogP contribution < -0.4 is 5.32 Å². The second-order valence-electron chi connectivity index (χ2n) is 4.62. The largest absolute Gasteiger partial charge is 0.396 e. The molecule has 0 radical (unpaired) electrons. The van der Waals surface area contributed by atoms with Gasteiger partial charge in [-0.1, -0.05) is 11.6 Å². The number of anilines is 1. The molecule has 20 heavy (non-hydrogen) atoms. The summed E-state index contributed by atoms with van der Waals surface area (Å²) in [4.78, 5) is 25.0. The number of aliphatic hydroxyl groups is 1. The van der Waals surface area contributed by atoms with Gasteiger partial charge < -0.3 is 15.3 Å². The Kier molecular flexibility index (Phi) is 6.48. The summed E-state index contributed by atoms with van der Waals surface area (Å²) in [6.07, 6.45) is 1.50. The molecule has 0 saturated carbocycles. The van der Waals surface area contributed by atoms with Gasteiger partial charge >= 0.3 is 0 Å². The minimum absolute atomic E-state index is 0.0703. The number of halogens is 1. The molecule has 0 aliphatic heterocycles. The van der Waals surface area contributed by atoms with E-state index in [4.69, 9.17) is 16.7 Å². The van der Waals surface area contributed by atoms with Crippen LogP contribution >= 0.6 is 11.6 Å². The lowest BCUT2D eigenvalue weighted by atomic mass is 10.1. The van der Waals surface area contributed by atoms with Crippen LogP contribution in [0, 0.1) is 0 Å². The molecule has 6 heteroatoms. The average Bonchev–Trinajstić information content (AvgIpc) is 2.40. The van der Waals surface area contributed by atoms with E-state index in [9.17, 15) is 9.59 Å². The lowest BCUT2D eigenvalue weighted by Crippen LogP contribution is -2.22. The van der Waals surface area contributed by atoms with Crippen molar-refractivity contribution in [2.24, 2.45) is 0 Å². The van der Waals surface area contributed by atoms with Gasteiger partial charge in [0.1, 0.15) is 0 Å². The zero-order chi connectivity index (χ0) is 15.1. The first-order chi connectivity index (χ1) is 9.45. The van der Waals surface area contributed by atoms with Crippen molar-refractivity contribution >= 4 is 29.1 Å². The smallest absolute Gasteiger partial charge is 0.253 e. The van der Waals surface area contributed by atoms with Gasteiger partial charge in [0.25, 0.3) is 5.91 Å². The van der Waals surface area contributed by atoms with Crippen molar-refractivity contribution in [3.8, 4) is 0 Å². The average molecular weight is 299 g/mol. The van der Waals surface area contributed by atoms with Crippen LogP contribution in [0.1, 0.15) is 29.6 Å². The topological polar surface area (TPSA) is 69.6 Å². The van der Waals surface area contributed by atoms with E-state index in [1.165, 1.54) is 4.90 Å². The number of nitrogens with one attached hydrogen (secondary N) is 1. The van der Waals surface area contributed by atoms with Gasteiger partial charge in [-0.05, 0) is 31.0 Å². The fourth-order valence-electron chi connectivity index (χ4n) is 1.62. The summed E-state index contributed by atoms with van der Waals surface area (Å²) in [5.41, 5.74) is 0.887. The molecule has 2 N–H and O–H groups in total. The maximum Gasteiger partial charge on any atom is 0.253 e. The number of hydrogen-bond acceptors (Lipinski definition) is 3. The maximum atomic E-state index is 11.8. The molecule has 0 saturated heterocycles. The van der Waals surface area contributed by atoms with Crippen LogP contribution in [0.15, 0.2) is 18.2 Å². The minimum Gasteiger partial charge on any atom is -0.396 e. The monoisotopic (exact) mass is 298 g/mol. The van der Waals surface area contributed by atoms with Crippen molar-refractivity contribution < 1.29 is 14.7 Å². The minimum atomic E-state index is -0.185. The van der Waals surface area contributed by atoms with E-state index in [0.29, 0.717) is 35.5 Å². The Labute approximate surface area is 123 Å². The highest BCUT2D eigenvalue weighted by atomic mass is 35.5. The third-order valence-corrected chi connectivity index (χ3v) is 3.04. The Balaban J connectivity index is 2.76. The Hall–Kier alpha value is -1.59. The molecule has 0 aromatic heterocycles. The number of unbranched alkanes of at least 4 members (excludes halogenated alkanes) is 1. The molecule has 5 nitrogen and oxygen atoms in total. The lowest BCUT2D eigenvalue weighted by Gasteiger charge is -2.13. The van der Waals surface area contributed by atoms with Gasteiger partial charge in [-0.3, -0.25) is 9.59 Å². The zero-order valence-corrected chi connectivity index (χ0v) is 12.4. The Morgan fingerprint density at radius 2 is 2.00 bits per heavy atom. The van der Waals surface area contributed by atoms with Gasteiger partial charge in [-0.15, -0.1) is 0 Å². The molecule has 1 aromatic carbocycles. The van der Waals surface area contributed by atoms with Gasteiger partial charge in [0.05, 0.1) is 10.7 Å². The predicted molar refractivity (Wildman–Crippen MR) is 79.0 cm³/mol. The van der Waals surface area contributed by atoms with Crippen molar-refractivity contribution in [3.63, 3.8) is 0 Å². The number of rotatable bonds is 6. The van der Waals surface area contributed by atoms with Crippen LogP contribution in [0.4, 0.5) is 5.69 Å². The quantitative estimate of drug-likeness (QED) is 0.791. The molecule has 1 aromatic rings. The van der Waals surface area contributed by atoms with E-state index in [1.54, 1.807) is 32.3 Å². The number of carbonyl (C=O) groups excluding carboxylic acids is 2. The fraction of sp³-hybridized carbons (Fsp3) is 0.429. The second kappa shape index (κ2) is 7.87. The third-order valence-electron chi connectivity index (χ3n) is 2.71. The summed E-state index contributed by atoms with van der Waals surface area (Å²) in [5.74, 6) is -0.341. The van der Waals surface area contributed by atoms with Gasteiger partial charge in [0, 0.05) is 32.7 Å². The van der Waals surface area contributed by atoms with Crippen LogP contribution in [0.2, 0.25) is 5.02 Å². The van der Waals surface area contributed by atoms with Crippen LogP contribution in [0.3, 0.4) is 0 Å². The molecular formula is C14H19ClN2O3. The van der Waals surface area contributed by atoms with Crippen molar-refractivity contribution in [2.45, 2.75) is 19.3 Å².